The summed E-state index contributed by atoms with van der Waals surface area (Å²) < 4.78 is 10.4. The minimum atomic E-state index is -0.0140. The molecule has 0 aliphatic carbocycles. The van der Waals surface area contributed by atoms with Crippen LogP contribution in [0.5, 0.6) is 11.5 Å². The van der Waals surface area contributed by atoms with E-state index in [9.17, 15) is 4.79 Å². The predicted octanol–water partition coefficient (Wildman–Crippen LogP) is 2.94. The first-order chi connectivity index (χ1) is 9.17. The molecule has 0 aliphatic heterocycles. The van der Waals surface area contributed by atoms with Gasteiger partial charge in [0.05, 0.1) is 14.2 Å². The van der Waals surface area contributed by atoms with E-state index in [1.807, 2.05) is 0 Å². The van der Waals surface area contributed by atoms with Crippen LogP contribution in [0.1, 0.15) is 10.4 Å². The van der Waals surface area contributed by atoms with Crippen LogP contribution in [-0.2, 0) is 0 Å². The van der Waals surface area contributed by atoms with Crippen molar-refractivity contribution in [3.8, 4) is 11.5 Å². The minimum Gasteiger partial charge on any atom is -0.493 e. The number of carbonyl (C=O) groups excluding carboxylic acids is 1. The Morgan fingerprint density at radius 3 is 2.16 bits per heavy atom. The van der Waals surface area contributed by atoms with Crippen LogP contribution in [0.15, 0.2) is 18.2 Å². The maximum atomic E-state index is 12.4. The van der Waals surface area contributed by atoms with Crippen molar-refractivity contribution < 1.29 is 14.3 Å². The van der Waals surface area contributed by atoms with Gasteiger partial charge < -0.3 is 14.4 Å². The van der Waals surface area contributed by atoms with Gasteiger partial charge in [-0.3, -0.25) is 4.79 Å². The summed E-state index contributed by atoms with van der Waals surface area (Å²) in [5.41, 5.74) is 0.597. The molecule has 0 saturated carbocycles. The largest absolute Gasteiger partial charge is 0.493 e. The second kappa shape index (κ2) is 8.43. The molecule has 0 fully saturated rings. The second-order valence-electron chi connectivity index (χ2n) is 3.74. The molecule has 1 aromatic carbocycles. The number of benzene rings is 1. The van der Waals surface area contributed by atoms with E-state index < -0.39 is 0 Å². The molecule has 0 radical (unpaired) electrons. The van der Waals surface area contributed by atoms with Crippen molar-refractivity contribution >= 4 is 37.8 Å². The molecule has 6 heteroatoms. The Morgan fingerprint density at radius 2 is 1.68 bits per heavy atom. The lowest BCUT2D eigenvalue weighted by Gasteiger charge is -2.21. The molecule has 1 rings (SSSR count). The van der Waals surface area contributed by atoms with Crippen molar-refractivity contribution in [2.45, 2.75) is 0 Å². The molecule has 0 saturated heterocycles. The molecule has 1 aromatic rings. The molecule has 0 bridgehead atoms. The first-order valence-electron chi connectivity index (χ1n) is 5.81. The smallest absolute Gasteiger partial charge is 0.254 e. The second-order valence-corrected chi connectivity index (χ2v) is 5.33. The number of hydrogen-bond acceptors (Lipinski definition) is 3. The maximum absolute atomic E-state index is 12.4. The Morgan fingerprint density at radius 1 is 1.11 bits per heavy atom. The quantitative estimate of drug-likeness (QED) is 0.667. The molecule has 0 unspecified atom stereocenters. The van der Waals surface area contributed by atoms with Crippen LogP contribution in [0, 0.1) is 0 Å². The Bertz CT molecular complexity index is 420. The van der Waals surface area contributed by atoms with E-state index in [1.165, 1.54) is 0 Å². The van der Waals surface area contributed by atoms with Crippen molar-refractivity contribution in [1.82, 2.24) is 4.90 Å². The third-order valence-electron chi connectivity index (χ3n) is 2.63. The lowest BCUT2D eigenvalue weighted by molar-refractivity contribution is 0.0776. The summed E-state index contributed by atoms with van der Waals surface area (Å²) in [6, 6.07) is 5.20. The van der Waals surface area contributed by atoms with Gasteiger partial charge in [-0.05, 0) is 18.2 Å². The molecule has 0 heterocycles. The Balaban J connectivity index is 2.97. The van der Waals surface area contributed by atoms with Gasteiger partial charge in [-0.2, -0.15) is 0 Å². The molecule has 0 N–H and O–H groups in total. The van der Waals surface area contributed by atoms with Crippen molar-refractivity contribution in [3.05, 3.63) is 23.8 Å². The van der Waals surface area contributed by atoms with Crippen LogP contribution in [-0.4, -0.2) is 48.8 Å². The standard InChI is InChI=1S/C13H17Br2NO3/c1-18-11-4-3-10(9-12(11)19-2)13(17)16(7-5-14)8-6-15/h3-4,9H,5-8H2,1-2H3. The average molecular weight is 395 g/mol. The Hall–Kier alpha value is -0.750. The fraction of sp³-hybridized carbons (Fsp3) is 0.462. The van der Waals surface area contributed by atoms with E-state index in [-0.39, 0.29) is 5.91 Å². The van der Waals surface area contributed by atoms with E-state index in [0.717, 1.165) is 10.7 Å². The average Bonchev–Trinajstić information content (AvgIpc) is 2.45. The van der Waals surface area contributed by atoms with Gasteiger partial charge >= 0.3 is 0 Å². The van der Waals surface area contributed by atoms with Gasteiger partial charge in [-0.25, -0.2) is 0 Å². The lowest BCUT2D eigenvalue weighted by Crippen LogP contribution is -2.34. The molecule has 0 atom stereocenters. The van der Waals surface area contributed by atoms with Crippen LogP contribution in [0.2, 0.25) is 0 Å². The Kier molecular flexibility index (Phi) is 7.23. The normalized spacial score (nSPS) is 10.1. The summed E-state index contributed by atoms with van der Waals surface area (Å²) in [5, 5.41) is 1.50. The lowest BCUT2D eigenvalue weighted by atomic mass is 10.1. The van der Waals surface area contributed by atoms with E-state index in [0.29, 0.717) is 30.2 Å². The molecule has 106 valence electrons. The number of methoxy groups -OCH3 is 2. The van der Waals surface area contributed by atoms with E-state index >= 15 is 0 Å². The van der Waals surface area contributed by atoms with Crippen LogP contribution in [0.3, 0.4) is 0 Å². The van der Waals surface area contributed by atoms with E-state index in [2.05, 4.69) is 31.9 Å². The van der Waals surface area contributed by atoms with Crippen LogP contribution >= 0.6 is 31.9 Å². The predicted molar refractivity (Wildman–Crippen MR) is 83.0 cm³/mol. The number of amides is 1. The van der Waals surface area contributed by atoms with Crippen molar-refractivity contribution in [1.29, 1.82) is 0 Å². The van der Waals surface area contributed by atoms with Gasteiger partial charge in [-0.15, -0.1) is 0 Å². The minimum absolute atomic E-state index is 0.0140. The van der Waals surface area contributed by atoms with Gasteiger partial charge in [0.25, 0.3) is 5.91 Å². The summed E-state index contributed by atoms with van der Waals surface area (Å²) in [5.74, 6) is 1.16. The molecule has 0 aromatic heterocycles. The first-order valence-corrected chi connectivity index (χ1v) is 8.05. The van der Waals surface area contributed by atoms with Gasteiger partial charge in [0.1, 0.15) is 0 Å². The number of carbonyl (C=O) groups is 1. The fourth-order valence-electron chi connectivity index (χ4n) is 1.67. The van der Waals surface area contributed by atoms with Crippen LogP contribution in [0.25, 0.3) is 0 Å². The van der Waals surface area contributed by atoms with E-state index in [4.69, 9.17) is 9.47 Å². The van der Waals surface area contributed by atoms with Crippen molar-refractivity contribution in [2.24, 2.45) is 0 Å². The molecule has 0 spiro atoms. The number of hydrogen-bond donors (Lipinski definition) is 0. The molecule has 1 amide bonds. The molecular weight excluding hydrogens is 378 g/mol. The highest BCUT2D eigenvalue weighted by atomic mass is 79.9. The summed E-state index contributed by atoms with van der Waals surface area (Å²) >= 11 is 6.72. The third kappa shape index (κ3) is 4.38. The topological polar surface area (TPSA) is 38.8 Å². The van der Waals surface area contributed by atoms with Gasteiger partial charge in [0.15, 0.2) is 11.5 Å². The summed E-state index contributed by atoms with van der Waals surface area (Å²) in [4.78, 5) is 14.2. The zero-order valence-corrected chi connectivity index (χ0v) is 14.2. The van der Waals surface area contributed by atoms with Gasteiger partial charge in [-0.1, -0.05) is 31.9 Å². The van der Waals surface area contributed by atoms with Crippen molar-refractivity contribution in [2.75, 3.05) is 38.0 Å². The first kappa shape index (κ1) is 16.3. The number of rotatable bonds is 7. The molecule has 4 nitrogen and oxygen atoms in total. The Labute approximate surface area is 130 Å². The number of alkyl halides is 2. The van der Waals surface area contributed by atoms with Crippen molar-refractivity contribution in [3.63, 3.8) is 0 Å². The summed E-state index contributed by atoms with van der Waals surface area (Å²) in [6.07, 6.45) is 0. The fourth-order valence-corrected chi connectivity index (χ4v) is 2.53. The van der Waals surface area contributed by atoms with Gasteiger partial charge in [0, 0.05) is 29.3 Å². The van der Waals surface area contributed by atoms with E-state index in [1.54, 1.807) is 37.3 Å². The highest BCUT2D eigenvalue weighted by molar-refractivity contribution is 9.09. The van der Waals surface area contributed by atoms with Gasteiger partial charge in [0.2, 0.25) is 0 Å². The SMILES string of the molecule is COc1ccc(C(=O)N(CCBr)CCBr)cc1OC. The number of ether oxygens (including phenoxy) is 2. The van der Waals surface area contributed by atoms with Crippen LogP contribution in [0.4, 0.5) is 0 Å². The number of nitrogens with zero attached hydrogens (tertiary/aromatic N) is 1. The summed E-state index contributed by atoms with van der Waals surface area (Å²) in [6.45, 7) is 1.33. The zero-order valence-electron chi connectivity index (χ0n) is 11.0. The highest BCUT2D eigenvalue weighted by Gasteiger charge is 2.16. The summed E-state index contributed by atoms with van der Waals surface area (Å²) in [7, 11) is 3.13. The zero-order chi connectivity index (χ0) is 14.3. The molecule has 19 heavy (non-hydrogen) atoms. The van der Waals surface area contributed by atoms with Crippen LogP contribution < -0.4 is 9.47 Å². The molecular formula is C13H17Br2NO3. The maximum Gasteiger partial charge on any atom is 0.254 e. The highest BCUT2D eigenvalue weighted by Crippen LogP contribution is 2.28. The monoisotopic (exact) mass is 393 g/mol. The number of halogens is 2. The molecule has 0 aliphatic rings. The third-order valence-corrected chi connectivity index (χ3v) is 3.34.